The van der Waals surface area contributed by atoms with Gasteiger partial charge < -0.3 is 10.3 Å². The van der Waals surface area contributed by atoms with Gasteiger partial charge >= 0.3 is 0 Å². The molecular formula is C14H28N4O2S. The molecule has 6 nitrogen and oxygen atoms in total. The van der Waals surface area contributed by atoms with E-state index in [1.165, 1.54) is 4.31 Å². The van der Waals surface area contributed by atoms with Crippen LogP contribution >= 0.6 is 0 Å². The first-order valence-electron chi connectivity index (χ1n) is 7.47. The molecule has 0 aliphatic carbocycles. The van der Waals surface area contributed by atoms with E-state index in [1.807, 2.05) is 32.3 Å². The Kier molecular flexibility index (Phi) is 5.95. The summed E-state index contributed by atoms with van der Waals surface area (Å²) in [4.78, 5) is 4.24. The third-order valence-electron chi connectivity index (χ3n) is 3.57. The van der Waals surface area contributed by atoms with Crippen molar-refractivity contribution in [3.8, 4) is 0 Å². The third kappa shape index (κ3) is 3.84. The van der Waals surface area contributed by atoms with Crippen LogP contribution in [-0.2, 0) is 16.6 Å². The summed E-state index contributed by atoms with van der Waals surface area (Å²) < 4.78 is 29.1. The van der Waals surface area contributed by atoms with Crippen LogP contribution in [0.3, 0.4) is 0 Å². The molecule has 0 unspecified atom stereocenters. The maximum Gasteiger partial charge on any atom is 0.262 e. The number of aromatic nitrogens is 2. The fourth-order valence-electron chi connectivity index (χ4n) is 2.24. The maximum atomic E-state index is 12.9. The van der Waals surface area contributed by atoms with E-state index >= 15 is 0 Å². The van der Waals surface area contributed by atoms with Gasteiger partial charge in [-0.05, 0) is 33.6 Å². The van der Waals surface area contributed by atoms with Crippen LogP contribution in [0.4, 0.5) is 0 Å². The molecule has 2 N–H and O–H groups in total. The Morgan fingerprint density at radius 3 is 2.43 bits per heavy atom. The van der Waals surface area contributed by atoms with Crippen LogP contribution in [0.5, 0.6) is 0 Å². The molecule has 21 heavy (non-hydrogen) atoms. The number of hydrogen-bond donors (Lipinski definition) is 1. The molecule has 0 saturated carbocycles. The smallest absolute Gasteiger partial charge is 0.262 e. The monoisotopic (exact) mass is 316 g/mol. The van der Waals surface area contributed by atoms with Crippen LogP contribution < -0.4 is 5.73 Å². The van der Waals surface area contributed by atoms with Gasteiger partial charge in [0.2, 0.25) is 0 Å². The van der Waals surface area contributed by atoms with Crippen molar-refractivity contribution in [2.45, 2.75) is 64.6 Å². The zero-order chi connectivity index (χ0) is 16.3. The standard InChI is InChI=1S/C14H28N4O2S/c1-6-8-17-10-13(16-12(17)3)21(19,20)18(9-7-2)14(4,5)11-15/h10H,6-9,11,15H2,1-5H3. The van der Waals surface area contributed by atoms with Gasteiger partial charge in [0, 0.05) is 31.4 Å². The lowest BCUT2D eigenvalue weighted by atomic mass is 10.1. The highest BCUT2D eigenvalue weighted by atomic mass is 32.2. The quantitative estimate of drug-likeness (QED) is 0.792. The summed E-state index contributed by atoms with van der Waals surface area (Å²) in [6, 6.07) is 0. The predicted molar refractivity (Wildman–Crippen MR) is 84.6 cm³/mol. The molecule has 0 radical (unpaired) electrons. The van der Waals surface area contributed by atoms with Gasteiger partial charge in [0.15, 0.2) is 5.03 Å². The Hall–Kier alpha value is -0.920. The molecule has 0 fully saturated rings. The summed E-state index contributed by atoms with van der Waals surface area (Å²) in [5.74, 6) is 0.720. The highest BCUT2D eigenvalue weighted by molar-refractivity contribution is 7.89. The molecule has 0 atom stereocenters. The Morgan fingerprint density at radius 2 is 1.95 bits per heavy atom. The van der Waals surface area contributed by atoms with Crippen molar-refractivity contribution in [3.63, 3.8) is 0 Å². The third-order valence-corrected chi connectivity index (χ3v) is 5.56. The predicted octanol–water partition coefficient (Wildman–Crippen LogP) is 1.74. The minimum Gasteiger partial charge on any atom is -0.334 e. The minimum atomic E-state index is -3.63. The fraction of sp³-hybridized carbons (Fsp3) is 0.786. The summed E-state index contributed by atoms with van der Waals surface area (Å²) in [6.45, 7) is 11.0. The molecule has 0 aromatic carbocycles. The molecule has 0 bridgehead atoms. The molecule has 0 spiro atoms. The molecule has 1 heterocycles. The molecule has 122 valence electrons. The topological polar surface area (TPSA) is 81.2 Å². The van der Waals surface area contributed by atoms with Crippen LogP contribution in [0.25, 0.3) is 0 Å². The summed E-state index contributed by atoms with van der Waals surface area (Å²) in [6.07, 6.45) is 3.30. The van der Waals surface area contributed by atoms with E-state index in [2.05, 4.69) is 11.9 Å². The van der Waals surface area contributed by atoms with Gasteiger partial charge in [-0.1, -0.05) is 13.8 Å². The van der Waals surface area contributed by atoms with Crippen LogP contribution in [0.2, 0.25) is 0 Å². The Labute approximate surface area is 128 Å². The van der Waals surface area contributed by atoms with Crippen molar-refractivity contribution in [3.05, 3.63) is 12.0 Å². The second-order valence-electron chi connectivity index (χ2n) is 5.91. The average Bonchev–Trinajstić information content (AvgIpc) is 2.78. The fourth-order valence-corrected chi connectivity index (χ4v) is 4.12. The molecule has 0 saturated heterocycles. The van der Waals surface area contributed by atoms with Gasteiger partial charge in [-0.25, -0.2) is 13.4 Å². The molecule has 0 aliphatic heterocycles. The van der Waals surface area contributed by atoms with E-state index in [1.54, 1.807) is 6.20 Å². The molecule has 1 aromatic rings. The van der Waals surface area contributed by atoms with Crippen molar-refractivity contribution < 1.29 is 8.42 Å². The number of nitrogens with zero attached hydrogens (tertiary/aromatic N) is 3. The lowest BCUT2D eigenvalue weighted by Gasteiger charge is -2.35. The summed E-state index contributed by atoms with van der Waals surface area (Å²) in [7, 11) is -3.63. The van der Waals surface area contributed by atoms with E-state index in [9.17, 15) is 8.42 Å². The maximum absolute atomic E-state index is 12.9. The highest BCUT2D eigenvalue weighted by Crippen LogP contribution is 2.24. The first-order valence-corrected chi connectivity index (χ1v) is 8.91. The first-order chi connectivity index (χ1) is 9.70. The summed E-state index contributed by atoms with van der Waals surface area (Å²) in [5, 5.41) is 0.114. The van der Waals surface area contributed by atoms with Gasteiger partial charge in [0.1, 0.15) is 5.82 Å². The number of aryl methyl sites for hydroxylation is 2. The lowest BCUT2D eigenvalue weighted by molar-refractivity contribution is 0.234. The normalized spacial score (nSPS) is 13.1. The van der Waals surface area contributed by atoms with Crippen LogP contribution in [-0.4, -0.2) is 40.9 Å². The van der Waals surface area contributed by atoms with E-state index in [0.29, 0.717) is 6.54 Å². The molecule has 7 heteroatoms. The zero-order valence-corrected chi connectivity index (χ0v) is 14.6. The minimum absolute atomic E-state index is 0.114. The SMILES string of the molecule is CCCN(C(C)(C)CN)S(=O)(=O)c1cn(CCC)c(C)n1. The molecule has 1 rings (SSSR count). The number of sulfonamides is 1. The van der Waals surface area contributed by atoms with Gasteiger partial charge in [0.25, 0.3) is 10.0 Å². The van der Waals surface area contributed by atoms with E-state index in [0.717, 1.165) is 25.2 Å². The van der Waals surface area contributed by atoms with E-state index in [-0.39, 0.29) is 11.6 Å². The number of nitrogens with two attached hydrogens (primary N) is 1. The van der Waals surface area contributed by atoms with Crippen molar-refractivity contribution in [1.82, 2.24) is 13.9 Å². The molecular weight excluding hydrogens is 288 g/mol. The zero-order valence-electron chi connectivity index (χ0n) is 13.8. The van der Waals surface area contributed by atoms with Gasteiger partial charge in [-0.3, -0.25) is 0 Å². The Bertz CT molecular complexity index is 564. The number of rotatable bonds is 8. The highest BCUT2D eigenvalue weighted by Gasteiger charge is 2.37. The lowest BCUT2D eigenvalue weighted by Crippen LogP contribution is -2.52. The van der Waals surface area contributed by atoms with Gasteiger partial charge in [0.05, 0.1) is 0 Å². The van der Waals surface area contributed by atoms with Crippen LogP contribution in [0.1, 0.15) is 46.4 Å². The van der Waals surface area contributed by atoms with Crippen molar-refractivity contribution >= 4 is 10.0 Å². The average molecular weight is 316 g/mol. The Morgan fingerprint density at radius 1 is 1.33 bits per heavy atom. The van der Waals surface area contributed by atoms with Crippen molar-refractivity contribution in [1.29, 1.82) is 0 Å². The first kappa shape index (κ1) is 18.1. The second kappa shape index (κ2) is 6.89. The van der Waals surface area contributed by atoms with E-state index in [4.69, 9.17) is 5.73 Å². The largest absolute Gasteiger partial charge is 0.334 e. The van der Waals surface area contributed by atoms with Crippen molar-refractivity contribution in [2.24, 2.45) is 5.73 Å². The van der Waals surface area contributed by atoms with E-state index < -0.39 is 15.6 Å². The molecule has 1 aromatic heterocycles. The summed E-state index contributed by atoms with van der Waals surface area (Å²) >= 11 is 0. The number of hydrogen-bond acceptors (Lipinski definition) is 4. The van der Waals surface area contributed by atoms with Crippen LogP contribution in [0, 0.1) is 6.92 Å². The van der Waals surface area contributed by atoms with Gasteiger partial charge in [-0.2, -0.15) is 4.31 Å². The van der Waals surface area contributed by atoms with Gasteiger partial charge in [-0.15, -0.1) is 0 Å². The molecule has 0 amide bonds. The molecule has 0 aliphatic rings. The second-order valence-corrected chi connectivity index (χ2v) is 7.72. The van der Waals surface area contributed by atoms with Crippen LogP contribution in [0.15, 0.2) is 11.2 Å². The summed E-state index contributed by atoms with van der Waals surface area (Å²) in [5.41, 5.74) is 5.14. The Balaban J connectivity index is 3.26. The van der Waals surface area contributed by atoms with Crippen molar-refractivity contribution in [2.75, 3.05) is 13.1 Å². The number of imidazole rings is 1.